The zero-order valence-corrected chi connectivity index (χ0v) is 25.3. The van der Waals surface area contributed by atoms with Crippen LogP contribution in [0.1, 0.15) is 87.1 Å². The fourth-order valence-electron chi connectivity index (χ4n) is 3.64. The third kappa shape index (κ3) is 14.7. The van der Waals surface area contributed by atoms with Gasteiger partial charge in [-0.25, -0.2) is 4.79 Å². The summed E-state index contributed by atoms with van der Waals surface area (Å²) in [6.07, 6.45) is -9.31. The number of hydrogen-bond acceptors (Lipinski definition) is 11. The van der Waals surface area contributed by atoms with Crippen LogP contribution >= 0.6 is 0 Å². The van der Waals surface area contributed by atoms with Crippen molar-refractivity contribution in [2.45, 2.75) is 84.4 Å². The average Bonchev–Trinajstić information content (AvgIpc) is 3.42. The minimum Gasteiger partial charge on any atom is -0.508 e. The number of nitrogens with one attached hydrogen (secondary N) is 2. The van der Waals surface area contributed by atoms with E-state index in [2.05, 4.69) is 15.5 Å². The van der Waals surface area contributed by atoms with Crippen LogP contribution in [0.2, 0.25) is 0 Å². The summed E-state index contributed by atoms with van der Waals surface area (Å²) in [6, 6.07) is 12.3. The number of hydroxylamine groups is 2. The van der Waals surface area contributed by atoms with Gasteiger partial charge in [-0.05, 0) is 82.5 Å². The van der Waals surface area contributed by atoms with Crippen LogP contribution in [-0.4, -0.2) is 71.7 Å². The maximum atomic E-state index is 12.0. The lowest BCUT2D eigenvalue weighted by Gasteiger charge is -2.12. The number of ketones is 2. The molecule has 2 atom stereocenters. The van der Waals surface area contributed by atoms with Crippen LogP contribution in [0.3, 0.4) is 0 Å². The molecule has 3 rings (SSSR count). The fourth-order valence-corrected chi connectivity index (χ4v) is 3.64. The molecule has 0 saturated carbocycles. The van der Waals surface area contributed by atoms with Crippen LogP contribution in [0, 0.1) is 0 Å². The van der Waals surface area contributed by atoms with E-state index in [1.54, 1.807) is 45.3 Å². The number of carbonyl (C=O) groups excluding carboxylic acids is 6. The molecule has 1 aliphatic heterocycles. The van der Waals surface area contributed by atoms with Gasteiger partial charge in [-0.15, -0.1) is 5.06 Å². The van der Waals surface area contributed by atoms with Gasteiger partial charge in [-0.2, -0.15) is 0 Å². The zero-order chi connectivity index (χ0) is 44.3. The van der Waals surface area contributed by atoms with Gasteiger partial charge in [0.15, 0.2) is 0 Å². The number of hydrogen-bond donors (Lipinski definition) is 3. The number of nitrogens with zero attached hydrogens (tertiary/aromatic N) is 1. The second-order valence-corrected chi connectivity index (χ2v) is 9.35. The van der Waals surface area contributed by atoms with E-state index < -0.39 is 56.6 Å². The first-order valence-electron chi connectivity index (χ1n) is 19.5. The standard InChI is InChI=1S/C15H21NO3.C11H15NO2.C7H9NO4/c1-4-5-15(18)19-13-8-6-12(7-9-13)10-14(16-3)11(2)17;1-8(13)11(12-2)7-9-3-5-10(14)6-4-9;1-2-7(11)12-8-5(9)3-4-6(8)10/h6-9,14,16H,4-5,10H2,1-3H3;3-6,11-12,14H,7H2,1-2H3;2-4H2,1H3/i1D3,4D2,5D2;;1D3,2D2. The Kier molecular flexibility index (Phi) is 10.5. The number of phenolic OH excluding ortho intramolecular Hbond substituents is 1. The maximum absolute atomic E-state index is 12.0. The van der Waals surface area contributed by atoms with Crippen LogP contribution in [0.25, 0.3) is 0 Å². The van der Waals surface area contributed by atoms with Crippen molar-refractivity contribution in [3.05, 3.63) is 59.7 Å². The van der Waals surface area contributed by atoms with Crippen molar-refractivity contribution in [3.8, 4) is 11.5 Å². The molecule has 1 aliphatic rings. The van der Waals surface area contributed by atoms with E-state index in [-0.39, 0.29) is 53.1 Å². The minimum absolute atomic E-state index is 0.0388. The Morgan fingerprint density at radius 3 is 1.76 bits per heavy atom. The monoisotopic (exact) mass is 639 g/mol. The van der Waals surface area contributed by atoms with Crippen LogP contribution in [-0.2, 0) is 46.4 Å². The second kappa shape index (κ2) is 20.5. The maximum Gasteiger partial charge on any atom is 0.332 e. The van der Waals surface area contributed by atoms with Gasteiger partial charge in [0.25, 0.3) is 11.8 Å². The first-order chi connectivity index (χ1) is 25.9. The van der Waals surface area contributed by atoms with E-state index in [9.17, 15) is 28.8 Å². The van der Waals surface area contributed by atoms with Crippen molar-refractivity contribution >= 4 is 35.3 Å². The van der Waals surface area contributed by atoms with Crippen LogP contribution in [0.4, 0.5) is 0 Å². The summed E-state index contributed by atoms with van der Waals surface area (Å²) < 4.78 is 90.6. The molecule has 0 bridgehead atoms. The molecule has 1 fully saturated rings. The Balaban J connectivity index is 0.000000453. The molecule has 2 amide bonds. The number of phenols is 1. The van der Waals surface area contributed by atoms with Crippen molar-refractivity contribution in [1.82, 2.24) is 15.7 Å². The van der Waals surface area contributed by atoms with Gasteiger partial charge in [-0.3, -0.25) is 24.0 Å². The van der Waals surface area contributed by atoms with Crippen molar-refractivity contribution in [2.75, 3.05) is 14.1 Å². The quantitative estimate of drug-likeness (QED) is 0.167. The number of aromatic hydroxyl groups is 1. The summed E-state index contributed by atoms with van der Waals surface area (Å²) in [5.41, 5.74) is 1.80. The molecule has 12 nitrogen and oxygen atoms in total. The summed E-state index contributed by atoms with van der Waals surface area (Å²) in [5.74, 6) is -4.76. The molecule has 1 heterocycles. The molecule has 0 aliphatic carbocycles. The Morgan fingerprint density at radius 1 is 0.844 bits per heavy atom. The van der Waals surface area contributed by atoms with Crippen molar-refractivity contribution < 1.29 is 59.9 Å². The van der Waals surface area contributed by atoms with Gasteiger partial charge >= 0.3 is 11.9 Å². The van der Waals surface area contributed by atoms with E-state index in [1.165, 1.54) is 19.1 Å². The van der Waals surface area contributed by atoms with Gasteiger partial charge in [0, 0.05) is 42.0 Å². The molecule has 0 radical (unpaired) electrons. The van der Waals surface area contributed by atoms with E-state index in [0.29, 0.717) is 12.8 Å². The smallest absolute Gasteiger partial charge is 0.332 e. The van der Waals surface area contributed by atoms with E-state index >= 15 is 0 Å². The molecular formula is C33H45N3O9. The van der Waals surface area contributed by atoms with Gasteiger partial charge in [0.05, 0.1) is 12.1 Å². The topological polar surface area (TPSA) is 168 Å². The highest BCUT2D eigenvalue weighted by atomic mass is 16.7. The molecule has 2 unspecified atom stereocenters. The Bertz CT molecular complexity index is 1720. The Morgan fingerprint density at radius 2 is 1.33 bits per heavy atom. The summed E-state index contributed by atoms with van der Waals surface area (Å²) in [5, 5.41) is 15.0. The van der Waals surface area contributed by atoms with E-state index in [4.69, 9.17) is 26.3 Å². The second-order valence-electron chi connectivity index (χ2n) is 9.35. The summed E-state index contributed by atoms with van der Waals surface area (Å²) in [7, 11) is 3.43. The number of rotatable bonds is 13. The molecule has 45 heavy (non-hydrogen) atoms. The first kappa shape index (κ1) is 23.0. The normalized spacial score (nSPS) is 18.9. The van der Waals surface area contributed by atoms with Crippen molar-refractivity contribution in [1.29, 1.82) is 0 Å². The van der Waals surface area contributed by atoms with Crippen molar-refractivity contribution in [2.24, 2.45) is 0 Å². The van der Waals surface area contributed by atoms with Gasteiger partial charge in [0.1, 0.15) is 23.1 Å². The predicted molar refractivity (Wildman–Crippen MR) is 167 cm³/mol. The molecule has 3 N–H and O–H groups in total. The lowest BCUT2D eigenvalue weighted by molar-refractivity contribution is -0.197. The lowest BCUT2D eigenvalue weighted by atomic mass is 10.0. The molecule has 1 saturated heterocycles. The Hall–Kier alpha value is -4.42. The van der Waals surface area contributed by atoms with Crippen molar-refractivity contribution in [3.63, 3.8) is 0 Å². The largest absolute Gasteiger partial charge is 0.508 e. The highest BCUT2D eigenvalue weighted by molar-refractivity contribution is 6.01. The van der Waals surface area contributed by atoms with Gasteiger partial charge in [0.2, 0.25) is 0 Å². The number of amides is 2. The number of likely N-dealkylation sites (N-methyl/N-ethyl adjacent to an activating group) is 2. The minimum atomic E-state index is -3.42. The number of esters is 1. The Labute approximate surface area is 281 Å². The first-order valence-corrected chi connectivity index (χ1v) is 13.5. The van der Waals surface area contributed by atoms with Gasteiger partial charge < -0.3 is 25.3 Å². The average molecular weight is 640 g/mol. The fraction of sp³-hybridized carbons (Fsp3) is 0.455. The third-order valence-electron chi connectivity index (χ3n) is 6.07. The van der Waals surface area contributed by atoms with Crippen LogP contribution in [0.5, 0.6) is 11.5 Å². The molecule has 12 heteroatoms. The number of imide groups is 1. The van der Waals surface area contributed by atoms with Crippen LogP contribution in [0.15, 0.2) is 48.5 Å². The van der Waals surface area contributed by atoms with Crippen LogP contribution < -0.4 is 15.4 Å². The summed E-state index contributed by atoms with van der Waals surface area (Å²) in [6.45, 7) is -3.55. The lowest BCUT2D eigenvalue weighted by Crippen LogP contribution is -2.34. The number of ether oxygens (including phenoxy) is 1. The molecule has 246 valence electrons. The predicted octanol–water partition coefficient (Wildman–Crippen LogP) is 3.23. The molecule has 2 aromatic rings. The SMILES string of the molecule is CNC(Cc1ccc(O)cc1)C(C)=O.[2H]C([2H])([2H])C([2H])([2H])C(=O)ON1C(=O)CCC1=O.[2H]C([2H])([2H])C([2H])([2H])C([2H])([2H])C(=O)Oc1ccc(CC(NC)C(C)=O)cc1. The van der Waals surface area contributed by atoms with E-state index in [1.807, 2.05) is 12.1 Å². The van der Waals surface area contributed by atoms with E-state index in [0.717, 1.165) is 11.1 Å². The summed E-state index contributed by atoms with van der Waals surface area (Å²) in [4.78, 5) is 72.1. The number of benzene rings is 2. The third-order valence-corrected chi connectivity index (χ3v) is 6.07. The number of carbonyl (C=O) groups is 6. The summed E-state index contributed by atoms with van der Waals surface area (Å²) >= 11 is 0. The molecular weight excluding hydrogens is 582 g/mol. The van der Waals surface area contributed by atoms with Gasteiger partial charge in [-0.1, -0.05) is 38.0 Å². The molecule has 0 aromatic heterocycles. The molecule has 2 aromatic carbocycles. The zero-order valence-electron chi connectivity index (χ0n) is 37.3. The molecule has 0 spiro atoms. The highest BCUT2D eigenvalue weighted by Crippen LogP contribution is 2.15. The number of Topliss-reactive ketones (excluding diaryl/α,β-unsaturated/α-hetero) is 2. The highest BCUT2D eigenvalue weighted by Gasteiger charge is 2.32.